The third-order valence-corrected chi connectivity index (χ3v) is 2.75. The molecule has 2 N–H and O–H groups in total. The van der Waals surface area contributed by atoms with Crippen molar-refractivity contribution in [3.63, 3.8) is 0 Å². The highest BCUT2D eigenvalue weighted by Gasteiger charge is 2.09. The van der Waals surface area contributed by atoms with Gasteiger partial charge >= 0.3 is 0 Å². The first-order chi connectivity index (χ1) is 9.24. The van der Waals surface area contributed by atoms with Crippen LogP contribution in [0.5, 0.6) is 0 Å². The monoisotopic (exact) mass is 254 g/mol. The molecule has 0 saturated heterocycles. The normalized spacial score (nSPS) is 10.6. The molecule has 5 heteroatoms. The number of rotatable bonds is 2. The molecule has 0 spiro atoms. The topological polar surface area (TPSA) is 56.7 Å². The molecule has 19 heavy (non-hydrogen) atoms. The summed E-state index contributed by atoms with van der Waals surface area (Å²) in [5, 5.41) is 4.38. The van der Waals surface area contributed by atoms with Crippen LogP contribution in [0.2, 0.25) is 0 Å². The summed E-state index contributed by atoms with van der Waals surface area (Å²) in [6.07, 6.45) is 5.04. The van der Waals surface area contributed by atoms with Gasteiger partial charge in [0.25, 0.3) is 0 Å². The Bertz CT molecular complexity index is 706. The maximum atomic E-state index is 13.2. The second-order valence-corrected chi connectivity index (χ2v) is 4.10. The average molecular weight is 254 g/mol. The van der Waals surface area contributed by atoms with Crippen LogP contribution in [-0.4, -0.2) is 14.8 Å². The molecule has 3 aromatic rings. The Labute approximate surface area is 109 Å². The van der Waals surface area contributed by atoms with E-state index < -0.39 is 0 Å². The Morgan fingerprint density at radius 1 is 1.16 bits per heavy atom. The van der Waals surface area contributed by atoms with E-state index in [4.69, 9.17) is 5.73 Å². The zero-order chi connectivity index (χ0) is 13.2. The second-order valence-electron chi connectivity index (χ2n) is 4.10. The van der Waals surface area contributed by atoms with Gasteiger partial charge in [0, 0.05) is 18.0 Å². The molecule has 2 aromatic heterocycles. The SMILES string of the molecule is Nc1cn(-c2cccc(F)c2)nc1-c1cccnc1. The van der Waals surface area contributed by atoms with Crippen molar-refractivity contribution in [1.82, 2.24) is 14.8 Å². The average Bonchev–Trinajstić information content (AvgIpc) is 2.82. The summed E-state index contributed by atoms with van der Waals surface area (Å²) in [5.41, 5.74) is 8.56. The van der Waals surface area contributed by atoms with E-state index in [0.29, 0.717) is 17.1 Å². The Balaban J connectivity index is 2.07. The fraction of sp³-hybridized carbons (Fsp3) is 0. The van der Waals surface area contributed by atoms with E-state index in [1.54, 1.807) is 35.4 Å². The minimum Gasteiger partial charge on any atom is -0.396 e. The van der Waals surface area contributed by atoms with Gasteiger partial charge in [0.15, 0.2) is 0 Å². The molecule has 0 unspecified atom stereocenters. The van der Waals surface area contributed by atoms with Crippen LogP contribution in [0.1, 0.15) is 0 Å². The first kappa shape index (κ1) is 11.4. The molecular formula is C14H11FN4. The zero-order valence-corrected chi connectivity index (χ0v) is 9.99. The summed E-state index contributed by atoms with van der Waals surface area (Å²) in [6, 6.07) is 9.88. The molecular weight excluding hydrogens is 243 g/mol. The quantitative estimate of drug-likeness (QED) is 0.764. The maximum absolute atomic E-state index is 13.2. The summed E-state index contributed by atoms with van der Waals surface area (Å²) in [7, 11) is 0. The predicted octanol–water partition coefficient (Wildman–Crippen LogP) is 2.66. The minimum atomic E-state index is -0.311. The van der Waals surface area contributed by atoms with Gasteiger partial charge in [0.05, 0.1) is 17.6 Å². The van der Waals surface area contributed by atoms with Crippen molar-refractivity contribution in [2.75, 3.05) is 5.73 Å². The standard InChI is InChI=1S/C14H11FN4/c15-11-4-1-5-12(7-11)19-9-13(16)14(18-19)10-3-2-6-17-8-10/h1-9H,16H2. The Kier molecular flexibility index (Phi) is 2.72. The Morgan fingerprint density at radius 2 is 2.05 bits per heavy atom. The lowest BCUT2D eigenvalue weighted by Gasteiger charge is -2.00. The van der Waals surface area contributed by atoms with E-state index in [1.165, 1.54) is 12.1 Å². The van der Waals surface area contributed by atoms with Crippen molar-refractivity contribution in [2.45, 2.75) is 0 Å². The molecule has 0 aliphatic heterocycles. The third kappa shape index (κ3) is 2.18. The van der Waals surface area contributed by atoms with Crippen LogP contribution < -0.4 is 5.73 Å². The van der Waals surface area contributed by atoms with Crippen LogP contribution >= 0.6 is 0 Å². The van der Waals surface area contributed by atoms with Crippen LogP contribution in [0.15, 0.2) is 55.0 Å². The minimum absolute atomic E-state index is 0.311. The molecule has 4 nitrogen and oxygen atoms in total. The highest BCUT2D eigenvalue weighted by molar-refractivity contribution is 5.71. The van der Waals surface area contributed by atoms with Crippen molar-refractivity contribution >= 4 is 5.69 Å². The number of nitrogen functional groups attached to an aromatic ring is 1. The fourth-order valence-corrected chi connectivity index (χ4v) is 1.87. The molecule has 0 atom stereocenters. The first-order valence-electron chi connectivity index (χ1n) is 5.75. The van der Waals surface area contributed by atoms with Crippen LogP contribution in [0.25, 0.3) is 16.9 Å². The smallest absolute Gasteiger partial charge is 0.125 e. The van der Waals surface area contributed by atoms with E-state index in [9.17, 15) is 4.39 Å². The zero-order valence-electron chi connectivity index (χ0n) is 9.99. The van der Waals surface area contributed by atoms with Gasteiger partial charge in [-0.15, -0.1) is 0 Å². The van der Waals surface area contributed by atoms with E-state index >= 15 is 0 Å². The van der Waals surface area contributed by atoms with Gasteiger partial charge in [-0.3, -0.25) is 4.98 Å². The highest BCUT2D eigenvalue weighted by atomic mass is 19.1. The Hall–Kier alpha value is -2.69. The van der Waals surface area contributed by atoms with Crippen molar-refractivity contribution in [2.24, 2.45) is 0 Å². The van der Waals surface area contributed by atoms with Crippen molar-refractivity contribution in [3.05, 3.63) is 60.8 Å². The molecule has 1 aromatic carbocycles. The van der Waals surface area contributed by atoms with Gasteiger partial charge in [-0.2, -0.15) is 5.10 Å². The molecule has 0 aliphatic rings. The molecule has 0 aliphatic carbocycles. The van der Waals surface area contributed by atoms with Gasteiger partial charge in [-0.05, 0) is 30.3 Å². The van der Waals surface area contributed by atoms with Gasteiger partial charge < -0.3 is 5.73 Å². The number of pyridine rings is 1. The van der Waals surface area contributed by atoms with Gasteiger partial charge in [-0.1, -0.05) is 6.07 Å². The fourth-order valence-electron chi connectivity index (χ4n) is 1.87. The second kappa shape index (κ2) is 4.53. The number of aromatic nitrogens is 3. The summed E-state index contributed by atoms with van der Waals surface area (Å²) in [5.74, 6) is -0.311. The van der Waals surface area contributed by atoms with E-state index in [2.05, 4.69) is 10.1 Å². The van der Waals surface area contributed by atoms with Crippen LogP contribution in [-0.2, 0) is 0 Å². The first-order valence-corrected chi connectivity index (χ1v) is 5.75. The van der Waals surface area contributed by atoms with Gasteiger partial charge in [0.1, 0.15) is 11.5 Å². The maximum Gasteiger partial charge on any atom is 0.125 e. The van der Waals surface area contributed by atoms with E-state index in [1.807, 2.05) is 12.1 Å². The number of anilines is 1. The number of nitrogens with zero attached hydrogens (tertiary/aromatic N) is 3. The van der Waals surface area contributed by atoms with E-state index in [-0.39, 0.29) is 5.82 Å². The lowest BCUT2D eigenvalue weighted by Crippen LogP contribution is -1.95. The van der Waals surface area contributed by atoms with Crippen molar-refractivity contribution in [1.29, 1.82) is 0 Å². The molecule has 2 heterocycles. The number of halogens is 1. The lowest BCUT2D eigenvalue weighted by atomic mass is 10.2. The van der Waals surface area contributed by atoms with Crippen LogP contribution in [0, 0.1) is 5.82 Å². The number of nitrogens with two attached hydrogens (primary N) is 1. The molecule has 0 bridgehead atoms. The molecule has 94 valence electrons. The lowest BCUT2D eigenvalue weighted by molar-refractivity contribution is 0.625. The highest BCUT2D eigenvalue weighted by Crippen LogP contribution is 2.24. The van der Waals surface area contributed by atoms with Crippen molar-refractivity contribution in [3.8, 4) is 16.9 Å². The van der Waals surface area contributed by atoms with E-state index in [0.717, 1.165) is 5.56 Å². The van der Waals surface area contributed by atoms with Crippen LogP contribution in [0.4, 0.5) is 10.1 Å². The summed E-state index contributed by atoms with van der Waals surface area (Å²) in [6.45, 7) is 0. The molecule has 3 rings (SSSR count). The summed E-state index contributed by atoms with van der Waals surface area (Å²) >= 11 is 0. The summed E-state index contributed by atoms with van der Waals surface area (Å²) in [4.78, 5) is 4.03. The largest absolute Gasteiger partial charge is 0.396 e. The van der Waals surface area contributed by atoms with Crippen LogP contribution in [0.3, 0.4) is 0 Å². The predicted molar refractivity (Wildman–Crippen MR) is 71.2 cm³/mol. The van der Waals surface area contributed by atoms with Crippen molar-refractivity contribution < 1.29 is 4.39 Å². The van der Waals surface area contributed by atoms with Gasteiger partial charge in [0.2, 0.25) is 0 Å². The Morgan fingerprint density at radius 3 is 2.79 bits per heavy atom. The molecule has 0 amide bonds. The third-order valence-electron chi connectivity index (χ3n) is 2.75. The number of hydrogen-bond acceptors (Lipinski definition) is 3. The molecule has 0 saturated carbocycles. The summed E-state index contributed by atoms with van der Waals surface area (Å²) < 4.78 is 14.8. The number of hydrogen-bond donors (Lipinski definition) is 1. The molecule has 0 radical (unpaired) electrons. The molecule has 0 fully saturated rings. The van der Waals surface area contributed by atoms with Gasteiger partial charge in [-0.25, -0.2) is 9.07 Å². The number of benzene rings is 1.